The third-order valence-corrected chi connectivity index (χ3v) is 4.20. The van der Waals surface area contributed by atoms with E-state index in [9.17, 15) is 13.2 Å². The quantitative estimate of drug-likeness (QED) is 0.768. The second-order valence-corrected chi connectivity index (χ2v) is 6.15. The average molecular weight is 292 g/mol. The zero-order chi connectivity index (χ0) is 13.9. The van der Waals surface area contributed by atoms with Crippen LogP contribution in [-0.2, 0) is 13.0 Å². The highest BCUT2D eigenvalue weighted by Gasteiger charge is 2.31. The Kier molecular flexibility index (Phi) is 4.84. The lowest BCUT2D eigenvalue weighted by atomic mass is 10.2. The molecule has 1 aromatic rings. The Balaban J connectivity index is 1.98. The van der Waals surface area contributed by atoms with Crippen molar-refractivity contribution in [1.82, 2.24) is 10.3 Å². The van der Waals surface area contributed by atoms with E-state index in [-0.39, 0.29) is 6.42 Å². The molecule has 0 amide bonds. The smallest absolute Gasteiger partial charge is 0.312 e. The van der Waals surface area contributed by atoms with E-state index in [1.807, 2.05) is 0 Å². The van der Waals surface area contributed by atoms with Crippen LogP contribution in [0.1, 0.15) is 54.1 Å². The predicted molar refractivity (Wildman–Crippen MR) is 70.5 cm³/mol. The molecule has 1 aromatic heterocycles. The van der Waals surface area contributed by atoms with E-state index in [0.717, 1.165) is 42.9 Å². The number of hydrogen-bond acceptors (Lipinski definition) is 3. The van der Waals surface area contributed by atoms with Gasteiger partial charge in [0, 0.05) is 30.2 Å². The monoisotopic (exact) mass is 292 g/mol. The van der Waals surface area contributed by atoms with Crippen molar-refractivity contribution in [2.45, 2.75) is 57.7 Å². The minimum absolute atomic E-state index is 0.0155. The van der Waals surface area contributed by atoms with E-state index in [1.54, 1.807) is 0 Å². The molecule has 0 aliphatic heterocycles. The first-order valence-electron chi connectivity index (χ1n) is 6.75. The summed E-state index contributed by atoms with van der Waals surface area (Å²) in [6.07, 6.45) is -1.54. The predicted octanol–water partition coefficient (Wildman–Crippen LogP) is 4.02. The first-order chi connectivity index (χ1) is 8.99. The molecule has 2 nitrogen and oxygen atoms in total. The second-order valence-electron chi connectivity index (χ2n) is 4.98. The van der Waals surface area contributed by atoms with Crippen LogP contribution in [-0.4, -0.2) is 17.7 Å². The number of thiazole rings is 1. The van der Waals surface area contributed by atoms with Crippen LogP contribution < -0.4 is 5.32 Å². The normalized spacial score (nSPS) is 16.0. The molecular weight excluding hydrogens is 273 g/mol. The van der Waals surface area contributed by atoms with Gasteiger partial charge in [-0.25, -0.2) is 4.98 Å². The van der Waals surface area contributed by atoms with Crippen molar-refractivity contribution in [2.75, 3.05) is 6.54 Å². The summed E-state index contributed by atoms with van der Waals surface area (Å²) >= 11 is 1.45. The van der Waals surface area contributed by atoms with Gasteiger partial charge in [-0.1, -0.05) is 6.92 Å². The van der Waals surface area contributed by atoms with Crippen molar-refractivity contribution in [1.29, 1.82) is 0 Å². The van der Waals surface area contributed by atoms with Gasteiger partial charge >= 0.3 is 6.18 Å². The third-order valence-electron chi connectivity index (χ3n) is 3.07. The van der Waals surface area contributed by atoms with Crippen molar-refractivity contribution in [3.63, 3.8) is 0 Å². The SMILES string of the molecule is CCCNCc1sc(CCC(F)(F)F)nc1C1CC1. The van der Waals surface area contributed by atoms with Gasteiger partial charge in [-0.2, -0.15) is 13.2 Å². The highest BCUT2D eigenvalue weighted by Crippen LogP contribution is 2.43. The largest absolute Gasteiger partial charge is 0.389 e. The molecule has 1 heterocycles. The van der Waals surface area contributed by atoms with Gasteiger partial charge in [0.25, 0.3) is 0 Å². The summed E-state index contributed by atoms with van der Waals surface area (Å²) in [5, 5.41) is 3.94. The van der Waals surface area contributed by atoms with Crippen LogP contribution in [0.2, 0.25) is 0 Å². The average Bonchev–Trinajstić information content (AvgIpc) is 3.09. The molecule has 1 aliphatic carbocycles. The van der Waals surface area contributed by atoms with Crippen molar-refractivity contribution >= 4 is 11.3 Å². The molecule has 1 fully saturated rings. The highest BCUT2D eigenvalue weighted by atomic mass is 32.1. The fourth-order valence-electron chi connectivity index (χ4n) is 1.95. The molecule has 108 valence electrons. The van der Waals surface area contributed by atoms with Gasteiger partial charge in [0.1, 0.15) is 0 Å². The first-order valence-corrected chi connectivity index (χ1v) is 7.57. The number of alkyl halides is 3. The standard InChI is InChI=1S/C13H19F3N2S/c1-2-7-17-8-10-12(9-3-4-9)18-11(19-10)5-6-13(14,15)16/h9,17H,2-8H2,1H3. The summed E-state index contributed by atoms with van der Waals surface area (Å²) in [6.45, 7) is 3.76. The van der Waals surface area contributed by atoms with E-state index in [4.69, 9.17) is 0 Å². The van der Waals surface area contributed by atoms with Crippen LogP contribution in [0.25, 0.3) is 0 Å². The van der Waals surface area contributed by atoms with Gasteiger partial charge in [-0.15, -0.1) is 11.3 Å². The van der Waals surface area contributed by atoms with Gasteiger partial charge < -0.3 is 5.32 Å². The van der Waals surface area contributed by atoms with Gasteiger partial charge in [-0.3, -0.25) is 0 Å². The lowest BCUT2D eigenvalue weighted by Crippen LogP contribution is -2.13. The van der Waals surface area contributed by atoms with Crippen molar-refractivity contribution in [3.8, 4) is 0 Å². The van der Waals surface area contributed by atoms with E-state index in [1.165, 1.54) is 11.3 Å². The number of halogens is 3. The summed E-state index contributed by atoms with van der Waals surface area (Å²) in [5.41, 5.74) is 1.05. The zero-order valence-electron chi connectivity index (χ0n) is 11.0. The summed E-state index contributed by atoms with van der Waals surface area (Å²) in [5.74, 6) is 0.495. The summed E-state index contributed by atoms with van der Waals surface area (Å²) < 4.78 is 36.7. The van der Waals surface area contributed by atoms with Gasteiger partial charge in [0.15, 0.2) is 0 Å². The highest BCUT2D eigenvalue weighted by molar-refractivity contribution is 7.11. The molecule has 0 aromatic carbocycles. The molecule has 0 unspecified atom stereocenters. The maximum atomic E-state index is 12.2. The molecule has 1 saturated carbocycles. The van der Waals surface area contributed by atoms with Crippen LogP contribution in [0.4, 0.5) is 13.2 Å². The maximum Gasteiger partial charge on any atom is 0.389 e. The van der Waals surface area contributed by atoms with Crippen molar-refractivity contribution < 1.29 is 13.2 Å². The van der Waals surface area contributed by atoms with E-state index < -0.39 is 12.6 Å². The number of aryl methyl sites for hydroxylation is 1. The van der Waals surface area contributed by atoms with Crippen LogP contribution >= 0.6 is 11.3 Å². The number of nitrogens with one attached hydrogen (secondary N) is 1. The summed E-state index contributed by atoms with van der Waals surface area (Å²) in [7, 11) is 0. The van der Waals surface area contributed by atoms with Gasteiger partial charge in [0.05, 0.1) is 10.7 Å². The Morgan fingerprint density at radius 1 is 1.37 bits per heavy atom. The molecule has 0 bridgehead atoms. The Hall–Kier alpha value is -0.620. The third kappa shape index (κ3) is 4.76. The van der Waals surface area contributed by atoms with E-state index in [2.05, 4.69) is 17.2 Å². The lowest BCUT2D eigenvalue weighted by Gasteiger charge is -2.02. The molecule has 0 spiro atoms. The minimum atomic E-state index is -4.09. The molecule has 0 saturated heterocycles. The number of nitrogens with zero attached hydrogens (tertiary/aromatic N) is 1. The Morgan fingerprint density at radius 2 is 2.11 bits per heavy atom. The molecule has 0 atom stereocenters. The maximum absolute atomic E-state index is 12.2. The minimum Gasteiger partial charge on any atom is -0.312 e. The fourth-order valence-corrected chi connectivity index (χ4v) is 3.07. The summed E-state index contributed by atoms with van der Waals surface area (Å²) in [6, 6.07) is 0. The Morgan fingerprint density at radius 3 is 2.68 bits per heavy atom. The second kappa shape index (κ2) is 6.22. The Labute approximate surface area is 115 Å². The topological polar surface area (TPSA) is 24.9 Å². The van der Waals surface area contributed by atoms with E-state index in [0.29, 0.717) is 10.9 Å². The molecule has 0 radical (unpaired) electrons. The first kappa shape index (κ1) is 14.8. The van der Waals surface area contributed by atoms with Gasteiger partial charge in [0.2, 0.25) is 0 Å². The molecule has 1 N–H and O–H groups in total. The van der Waals surface area contributed by atoms with Crippen LogP contribution in [0.15, 0.2) is 0 Å². The molecule has 6 heteroatoms. The van der Waals surface area contributed by atoms with Crippen LogP contribution in [0.5, 0.6) is 0 Å². The molecular formula is C13H19F3N2S. The zero-order valence-corrected chi connectivity index (χ0v) is 11.8. The lowest BCUT2D eigenvalue weighted by molar-refractivity contribution is -0.134. The number of rotatable bonds is 7. The van der Waals surface area contributed by atoms with Crippen LogP contribution in [0.3, 0.4) is 0 Å². The molecule has 2 rings (SSSR count). The molecule has 1 aliphatic rings. The van der Waals surface area contributed by atoms with Crippen LogP contribution in [0, 0.1) is 0 Å². The van der Waals surface area contributed by atoms with E-state index >= 15 is 0 Å². The van der Waals surface area contributed by atoms with Gasteiger partial charge in [-0.05, 0) is 25.8 Å². The van der Waals surface area contributed by atoms with Crippen molar-refractivity contribution in [3.05, 3.63) is 15.6 Å². The number of aromatic nitrogens is 1. The summed E-state index contributed by atoms with van der Waals surface area (Å²) in [4.78, 5) is 5.57. The van der Waals surface area contributed by atoms with Crippen molar-refractivity contribution in [2.24, 2.45) is 0 Å². The molecule has 19 heavy (non-hydrogen) atoms. The number of hydrogen-bond donors (Lipinski definition) is 1. The fraction of sp³-hybridized carbons (Fsp3) is 0.769. The Bertz CT molecular complexity index is 411.